The van der Waals surface area contributed by atoms with Gasteiger partial charge in [-0.1, -0.05) is 0 Å². The molecule has 56 valence electrons. The van der Waals surface area contributed by atoms with Crippen molar-refractivity contribution < 1.29 is 14.3 Å². The minimum absolute atomic E-state index is 0.0620. The Morgan fingerprint density at radius 3 is 2.90 bits per heavy atom. The summed E-state index contributed by atoms with van der Waals surface area (Å²) >= 11 is 0. The molecule has 1 amide bonds. The minimum atomic E-state index is -0.429. The van der Waals surface area contributed by atoms with Crippen LogP contribution in [0.3, 0.4) is 0 Å². The second-order valence-electron chi connectivity index (χ2n) is 2.25. The van der Waals surface area contributed by atoms with Gasteiger partial charge in [0.25, 0.3) is 0 Å². The van der Waals surface area contributed by atoms with Crippen LogP contribution in [0.2, 0.25) is 0 Å². The van der Waals surface area contributed by atoms with E-state index in [2.05, 4.69) is 5.32 Å². The molecule has 1 N–H and O–H groups in total. The normalized spacial score (nSPS) is 25.7. The standard InChI is InChI=1S/C6H9NO3/c1-4(8)5-2-10-3-6(9)7-5/h5H,2-3H2,1H3,(H,7,9). The molecule has 0 saturated carbocycles. The highest BCUT2D eigenvalue weighted by Gasteiger charge is 2.21. The summed E-state index contributed by atoms with van der Waals surface area (Å²) in [5, 5.41) is 2.50. The lowest BCUT2D eigenvalue weighted by molar-refractivity contribution is -0.136. The van der Waals surface area contributed by atoms with Crippen LogP contribution in [0, 0.1) is 0 Å². The molecule has 0 aromatic rings. The largest absolute Gasteiger partial charge is 0.369 e. The number of hydrogen-bond acceptors (Lipinski definition) is 3. The number of hydrogen-bond donors (Lipinski definition) is 1. The van der Waals surface area contributed by atoms with Gasteiger partial charge in [-0.15, -0.1) is 0 Å². The van der Waals surface area contributed by atoms with Gasteiger partial charge in [-0.25, -0.2) is 0 Å². The summed E-state index contributed by atoms with van der Waals surface area (Å²) in [5.41, 5.74) is 0. The summed E-state index contributed by atoms with van der Waals surface area (Å²) in [6.45, 7) is 1.81. The Morgan fingerprint density at radius 2 is 2.50 bits per heavy atom. The van der Waals surface area contributed by atoms with Gasteiger partial charge in [0.1, 0.15) is 12.6 Å². The summed E-state index contributed by atoms with van der Waals surface area (Å²) in [4.78, 5) is 21.2. The maximum atomic E-state index is 10.6. The van der Waals surface area contributed by atoms with Crippen molar-refractivity contribution in [2.75, 3.05) is 13.2 Å². The molecule has 1 heterocycles. The first-order valence-electron chi connectivity index (χ1n) is 3.07. The molecule has 0 radical (unpaired) electrons. The highest BCUT2D eigenvalue weighted by molar-refractivity contribution is 5.88. The molecule has 0 aromatic heterocycles. The molecule has 4 heteroatoms. The first-order valence-corrected chi connectivity index (χ1v) is 3.07. The summed E-state index contributed by atoms with van der Waals surface area (Å²) in [7, 11) is 0. The van der Waals surface area contributed by atoms with Gasteiger partial charge in [0.05, 0.1) is 6.61 Å². The fourth-order valence-electron chi connectivity index (χ4n) is 0.766. The molecule has 1 rings (SSSR count). The predicted octanol–water partition coefficient (Wildman–Crippen LogP) is -0.910. The SMILES string of the molecule is CC(=O)C1COCC(=O)N1. The Labute approximate surface area is 58.5 Å². The van der Waals surface area contributed by atoms with Crippen LogP contribution in [0.4, 0.5) is 0 Å². The summed E-state index contributed by atoms with van der Waals surface area (Å²) in [5.74, 6) is -0.278. The maximum absolute atomic E-state index is 10.6. The van der Waals surface area contributed by atoms with E-state index in [1.54, 1.807) is 0 Å². The number of rotatable bonds is 1. The third-order valence-corrected chi connectivity index (χ3v) is 1.34. The van der Waals surface area contributed by atoms with Crippen LogP contribution in [0.15, 0.2) is 0 Å². The molecule has 1 saturated heterocycles. The van der Waals surface area contributed by atoms with E-state index in [4.69, 9.17) is 4.74 Å². The molecule has 4 nitrogen and oxygen atoms in total. The van der Waals surface area contributed by atoms with Crippen molar-refractivity contribution in [1.29, 1.82) is 0 Å². The van der Waals surface area contributed by atoms with E-state index in [-0.39, 0.29) is 18.3 Å². The van der Waals surface area contributed by atoms with Gasteiger partial charge in [0, 0.05) is 0 Å². The van der Waals surface area contributed by atoms with E-state index in [0.29, 0.717) is 6.61 Å². The van der Waals surface area contributed by atoms with Crippen LogP contribution in [0.5, 0.6) is 0 Å². The van der Waals surface area contributed by atoms with E-state index in [1.165, 1.54) is 6.92 Å². The summed E-state index contributed by atoms with van der Waals surface area (Å²) < 4.78 is 4.82. The maximum Gasteiger partial charge on any atom is 0.246 e. The molecule has 1 fully saturated rings. The number of amides is 1. The molecule has 0 bridgehead atoms. The third kappa shape index (κ3) is 1.54. The molecule has 0 aliphatic carbocycles. The molecular weight excluding hydrogens is 134 g/mol. The zero-order valence-electron chi connectivity index (χ0n) is 5.72. The second-order valence-corrected chi connectivity index (χ2v) is 2.25. The molecule has 10 heavy (non-hydrogen) atoms. The number of ether oxygens (including phenoxy) is 1. The molecule has 1 unspecified atom stereocenters. The van der Waals surface area contributed by atoms with E-state index in [1.807, 2.05) is 0 Å². The van der Waals surface area contributed by atoms with Crippen LogP contribution < -0.4 is 5.32 Å². The number of ketones is 1. The first kappa shape index (κ1) is 7.21. The smallest absolute Gasteiger partial charge is 0.246 e. The van der Waals surface area contributed by atoms with Crippen molar-refractivity contribution in [2.45, 2.75) is 13.0 Å². The Bertz CT molecular complexity index is 164. The Balaban J connectivity index is 2.47. The van der Waals surface area contributed by atoms with Gasteiger partial charge in [-0.3, -0.25) is 9.59 Å². The van der Waals surface area contributed by atoms with E-state index < -0.39 is 6.04 Å². The van der Waals surface area contributed by atoms with Gasteiger partial charge in [-0.2, -0.15) is 0 Å². The van der Waals surface area contributed by atoms with Crippen LogP contribution in [0.25, 0.3) is 0 Å². The Hall–Kier alpha value is -0.900. The zero-order valence-corrected chi connectivity index (χ0v) is 5.72. The van der Waals surface area contributed by atoms with Crippen LogP contribution >= 0.6 is 0 Å². The highest BCUT2D eigenvalue weighted by Crippen LogP contribution is 1.94. The van der Waals surface area contributed by atoms with Gasteiger partial charge in [0.15, 0.2) is 5.78 Å². The summed E-state index contributed by atoms with van der Waals surface area (Å²) in [6, 6.07) is -0.429. The number of morpholine rings is 1. The van der Waals surface area contributed by atoms with Crippen molar-refractivity contribution in [2.24, 2.45) is 0 Å². The average Bonchev–Trinajstić information content (AvgIpc) is 1.88. The highest BCUT2D eigenvalue weighted by atomic mass is 16.5. The van der Waals surface area contributed by atoms with Gasteiger partial charge in [0.2, 0.25) is 5.91 Å². The van der Waals surface area contributed by atoms with E-state index in [9.17, 15) is 9.59 Å². The van der Waals surface area contributed by atoms with Gasteiger partial charge >= 0.3 is 0 Å². The molecule has 1 atom stereocenters. The van der Waals surface area contributed by atoms with Crippen molar-refractivity contribution >= 4 is 11.7 Å². The van der Waals surface area contributed by atoms with Crippen LogP contribution in [0.1, 0.15) is 6.92 Å². The van der Waals surface area contributed by atoms with Crippen molar-refractivity contribution in [3.05, 3.63) is 0 Å². The number of carbonyl (C=O) groups excluding carboxylic acids is 2. The number of Topliss-reactive ketones (excluding diaryl/α,β-unsaturated/α-hetero) is 1. The van der Waals surface area contributed by atoms with Crippen LogP contribution in [-0.4, -0.2) is 30.9 Å². The lowest BCUT2D eigenvalue weighted by atomic mass is 10.2. The van der Waals surface area contributed by atoms with E-state index >= 15 is 0 Å². The first-order chi connectivity index (χ1) is 4.70. The quantitative estimate of drug-likeness (QED) is 0.517. The molecule has 0 spiro atoms. The molecule has 1 aliphatic heterocycles. The Morgan fingerprint density at radius 1 is 1.80 bits per heavy atom. The lowest BCUT2D eigenvalue weighted by Gasteiger charge is -2.20. The fourth-order valence-corrected chi connectivity index (χ4v) is 0.766. The number of nitrogens with one attached hydrogen (secondary N) is 1. The van der Waals surface area contributed by atoms with Crippen molar-refractivity contribution in [3.8, 4) is 0 Å². The van der Waals surface area contributed by atoms with E-state index in [0.717, 1.165) is 0 Å². The summed E-state index contributed by atoms with van der Waals surface area (Å²) in [6.07, 6.45) is 0. The molecular formula is C6H9NO3. The van der Waals surface area contributed by atoms with Crippen molar-refractivity contribution in [1.82, 2.24) is 5.32 Å². The Kier molecular flexibility index (Phi) is 2.01. The minimum Gasteiger partial charge on any atom is -0.369 e. The monoisotopic (exact) mass is 143 g/mol. The second kappa shape index (κ2) is 2.79. The predicted molar refractivity (Wildman–Crippen MR) is 33.4 cm³/mol. The number of carbonyl (C=O) groups is 2. The van der Waals surface area contributed by atoms with Crippen molar-refractivity contribution in [3.63, 3.8) is 0 Å². The average molecular weight is 143 g/mol. The fraction of sp³-hybridized carbons (Fsp3) is 0.667. The molecule has 1 aliphatic rings. The lowest BCUT2D eigenvalue weighted by Crippen LogP contribution is -2.49. The zero-order chi connectivity index (χ0) is 7.56. The molecule has 0 aromatic carbocycles. The van der Waals surface area contributed by atoms with Gasteiger partial charge in [-0.05, 0) is 6.92 Å². The topological polar surface area (TPSA) is 55.4 Å². The van der Waals surface area contributed by atoms with Crippen LogP contribution in [-0.2, 0) is 14.3 Å². The third-order valence-electron chi connectivity index (χ3n) is 1.34. The van der Waals surface area contributed by atoms with Gasteiger partial charge < -0.3 is 10.1 Å².